The Morgan fingerprint density at radius 2 is 1.86 bits per heavy atom. The number of hydrogen-bond acceptors (Lipinski definition) is 2. The van der Waals surface area contributed by atoms with Gasteiger partial charge in [0.1, 0.15) is 5.75 Å². The van der Waals surface area contributed by atoms with Crippen molar-refractivity contribution < 1.29 is 9.00 Å². The first-order valence-corrected chi connectivity index (χ1v) is 8.79. The molecular formula is C16H14BrNO2S. The molecule has 0 saturated carbocycles. The maximum atomic E-state index is 12.4. The molecule has 2 aromatic carbocycles. The summed E-state index contributed by atoms with van der Waals surface area (Å²) in [5, 5.41) is 0. The second-order valence-corrected chi connectivity index (χ2v) is 7.12. The van der Waals surface area contributed by atoms with E-state index in [0.29, 0.717) is 11.4 Å². The van der Waals surface area contributed by atoms with Gasteiger partial charge >= 0.3 is 0 Å². The maximum absolute atomic E-state index is 12.4. The number of anilines is 1. The number of fused-ring (bicyclic) bond motifs is 1. The molecule has 1 aliphatic rings. The molecule has 3 rings (SSSR count). The Kier molecular flexibility index (Phi) is 4.22. The molecule has 0 bridgehead atoms. The Morgan fingerprint density at radius 1 is 1.14 bits per heavy atom. The van der Waals surface area contributed by atoms with E-state index in [9.17, 15) is 9.00 Å². The van der Waals surface area contributed by atoms with Gasteiger partial charge in [-0.2, -0.15) is 0 Å². The molecule has 0 fully saturated rings. The summed E-state index contributed by atoms with van der Waals surface area (Å²) < 4.78 is 13.2. The SMILES string of the molecule is O=C(CS(=O)c1ccccc1Br)N1CCc2ccccc21. The summed E-state index contributed by atoms with van der Waals surface area (Å²) in [6, 6.07) is 15.2. The zero-order valence-corrected chi connectivity index (χ0v) is 13.7. The molecule has 0 aliphatic carbocycles. The lowest BCUT2D eigenvalue weighted by Gasteiger charge is -2.17. The van der Waals surface area contributed by atoms with Gasteiger partial charge in [0, 0.05) is 16.7 Å². The molecule has 1 unspecified atom stereocenters. The molecule has 0 spiro atoms. The van der Waals surface area contributed by atoms with Crippen LogP contribution in [0.25, 0.3) is 0 Å². The Balaban J connectivity index is 1.76. The lowest BCUT2D eigenvalue weighted by atomic mass is 10.2. The van der Waals surface area contributed by atoms with E-state index in [1.54, 1.807) is 11.0 Å². The molecule has 1 aliphatic heterocycles. The van der Waals surface area contributed by atoms with Crippen LogP contribution >= 0.6 is 15.9 Å². The van der Waals surface area contributed by atoms with Gasteiger partial charge in [-0.3, -0.25) is 9.00 Å². The van der Waals surface area contributed by atoms with E-state index < -0.39 is 10.8 Å². The highest BCUT2D eigenvalue weighted by atomic mass is 79.9. The number of para-hydroxylation sites is 1. The summed E-state index contributed by atoms with van der Waals surface area (Å²) in [7, 11) is -1.34. The van der Waals surface area contributed by atoms with Crippen LogP contribution in [0.4, 0.5) is 5.69 Å². The molecule has 1 heterocycles. The smallest absolute Gasteiger partial charge is 0.239 e. The first kappa shape index (κ1) is 14.5. The van der Waals surface area contributed by atoms with Crippen molar-refractivity contribution >= 4 is 38.3 Å². The molecule has 5 heteroatoms. The van der Waals surface area contributed by atoms with Gasteiger partial charge in [-0.05, 0) is 46.1 Å². The standard InChI is InChI=1S/C16H14BrNO2S/c17-13-6-2-4-8-15(13)21(20)11-16(19)18-10-9-12-5-1-3-7-14(12)18/h1-8H,9-11H2. The van der Waals surface area contributed by atoms with Crippen LogP contribution in [0.3, 0.4) is 0 Å². The molecule has 108 valence electrons. The molecule has 0 N–H and O–H groups in total. The first-order valence-electron chi connectivity index (χ1n) is 6.68. The van der Waals surface area contributed by atoms with Crippen molar-refractivity contribution in [2.24, 2.45) is 0 Å². The van der Waals surface area contributed by atoms with Crippen molar-refractivity contribution in [3.8, 4) is 0 Å². The Morgan fingerprint density at radius 3 is 2.67 bits per heavy atom. The highest BCUT2D eigenvalue weighted by Gasteiger charge is 2.25. The lowest BCUT2D eigenvalue weighted by Crippen LogP contribution is -2.32. The van der Waals surface area contributed by atoms with Crippen LogP contribution in [-0.2, 0) is 22.0 Å². The van der Waals surface area contributed by atoms with Crippen molar-refractivity contribution in [1.29, 1.82) is 0 Å². The highest BCUT2D eigenvalue weighted by molar-refractivity contribution is 9.10. The van der Waals surface area contributed by atoms with Crippen LogP contribution < -0.4 is 4.90 Å². The van der Waals surface area contributed by atoms with Crippen molar-refractivity contribution in [3.05, 3.63) is 58.6 Å². The van der Waals surface area contributed by atoms with E-state index in [2.05, 4.69) is 15.9 Å². The van der Waals surface area contributed by atoms with E-state index >= 15 is 0 Å². The van der Waals surface area contributed by atoms with Crippen LogP contribution in [0.15, 0.2) is 57.9 Å². The minimum atomic E-state index is -1.34. The van der Waals surface area contributed by atoms with Crippen LogP contribution in [0.5, 0.6) is 0 Å². The number of carbonyl (C=O) groups excluding carboxylic acids is 1. The number of amides is 1. The average Bonchev–Trinajstić information content (AvgIpc) is 2.91. The molecule has 0 aromatic heterocycles. The third-order valence-electron chi connectivity index (χ3n) is 3.52. The van der Waals surface area contributed by atoms with Gasteiger partial charge in [0.2, 0.25) is 5.91 Å². The molecule has 0 radical (unpaired) electrons. The van der Waals surface area contributed by atoms with E-state index in [1.165, 1.54) is 5.56 Å². The van der Waals surface area contributed by atoms with E-state index in [-0.39, 0.29) is 11.7 Å². The average molecular weight is 364 g/mol. The van der Waals surface area contributed by atoms with Gasteiger partial charge < -0.3 is 4.90 Å². The summed E-state index contributed by atoms with van der Waals surface area (Å²) in [6.07, 6.45) is 0.865. The van der Waals surface area contributed by atoms with E-state index in [4.69, 9.17) is 0 Å². The predicted octanol–water partition coefficient (Wildman–Crippen LogP) is 3.15. The quantitative estimate of drug-likeness (QED) is 0.839. The zero-order valence-electron chi connectivity index (χ0n) is 11.3. The minimum absolute atomic E-state index is 0.0109. The third-order valence-corrected chi connectivity index (χ3v) is 5.83. The van der Waals surface area contributed by atoms with Gasteiger partial charge in [0.15, 0.2) is 0 Å². The zero-order chi connectivity index (χ0) is 14.8. The van der Waals surface area contributed by atoms with Crippen molar-refractivity contribution in [3.63, 3.8) is 0 Å². The van der Waals surface area contributed by atoms with Gasteiger partial charge in [-0.15, -0.1) is 0 Å². The lowest BCUT2D eigenvalue weighted by molar-refractivity contribution is -0.116. The van der Waals surface area contributed by atoms with Crippen molar-refractivity contribution in [2.75, 3.05) is 17.2 Å². The minimum Gasteiger partial charge on any atom is -0.311 e. The van der Waals surface area contributed by atoms with Crippen LogP contribution in [0.2, 0.25) is 0 Å². The fraction of sp³-hybridized carbons (Fsp3) is 0.188. The van der Waals surface area contributed by atoms with Crippen molar-refractivity contribution in [1.82, 2.24) is 0 Å². The van der Waals surface area contributed by atoms with Gasteiger partial charge in [0.25, 0.3) is 0 Å². The number of benzene rings is 2. The largest absolute Gasteiger partial charge is 0.311 e. The molecule has 0 saturated heterocycles. The molecular weight excluding hydrogens is 350 g/mol. The summed E-state index contributed by atoms with van der Waals surface area (Å²) in [4.78, 5) is 14.8. The van der Waals surface area contributed by atoms with Crippen LogP contribution in [0, 0.1) is 0 Å². The Bertz CT molecular complexity index is 717. The summed E-state index contributed by atoms with van der Waals surface area (Å²) in [5.41, 5.74) is 2.13. The second kappa shape index (κ2) is 6.12. The highest BCUT2D eigenvalue weighted by Crippen LogP contribution is 2.28. The second-order valence-electron chi connectivity index (χ2n) is 4.84. The summed E-state index contributed by atoms with van der Waals surface area (Å²) in [6.45, 7) is 0.672. The van der Waals surface area contributed by atoms with Gasteiger partial charge in [-0.1, -0.05) is 30.3 Å². The Labute approximate surface area is 134 Å². The molecule has 1 amide bonds. The fourth-order valence-corrected chi connectivity index (χ4v) is 4.37. The number of hydrogen-bond donors (Lipinski definition) is 0. The van der Waals surface area contributed by atoms with Crippen LogP contribution in [0.1, 0.15) is 5.56 Å². The normalized spacial score (nSPS) is 14.8. The maximum Gasteiger partial charge on any atom is 0.239 e. The number of carbonyl (C=O) groups is 1. The monoisotopic (exact) mass is 363 g/mol. The molecule has 2 aromatic rings. The number of halogens is 1. The van der Waals surface area contributed by atoms with Crippen molar-refractivity contribution in [2.45, 2.75) is 11.3 Å². The number of nitrogens with zero attached hydrogens (tertiary/aromatic N) is 1. The first-order chi connectivity index (χ1) is 10.2. The molecule has 1 atom stereocenters. The Hall–Kier alpha value is -1.46. The topological polar surface area (TPSA) is 37.4 Å². The molecule has 3 nitrogen and oxygen atoms in total. The van der Waals surface area contributed by atoms with Gasteiger partial charge in [-0.25, -0.2) is 0 Å². The molecule has 21 heavy (non-hydrogen) atoms. The van der Waals surface area contributed by atoms with Crippen LogP contribution in [-0.4, -0.2) is 22.4 Å². The summed E-state index contributed by atoms with van der Waals surface area (Å²) in [5.74, 6) is -0.0780. The van der Waals surface area contributed by atoms with Gasteiger partial charge in [0.05, 0.1) is 15.7 Å². The number of rotatable bonds is 3. The summed E-state index contributed by atoms with van der Waals surface area (Å²) >= 11 is 3.38. The van der Waals surface area contributed by atoms with E-state index in [0.717, 1.165) is 16.6 Å². The predicted molar refractivity (Wildman–Crippen MR) is 87.9 cm³/mol. The third kappa shape index (κ3) is 2.94. The van der Waals surface area contributed by atoms with E-state index in [1.807, 2.05) is 42.5 Å². The fourth-order valence-electron chi connectivity index (χ4n) is 2.49.